The molecule has 1 aromatic rings. The monoisotopic (exact) mass is 323 g/mol. The number of ether oxygens (including phenoxy) is 1. The Balaban J connectivity index is 2.50. The molecule has 1 N–H and O–H groups in total. The molecule has 1 aromatic heterocycles. The van der Waals surface area contributed by atoms with E-state index in [1.54, 1.807) is 0 Å². The molecule has 0 aliphatic carbocycles. The summed E-state index contributed by atoms with van der Waals surface area (Å²) in [6.07, 6.45) is -9.16. The number of hydrogen-bond donors (Lipinski definition) is 1. The zero-order valence-corrected chi connectivity index (χ0v) is 10.4. The van der Waals surface area contributed by atoms with Gasteiger partial charge in [0.05, 0.1) is 6.61 Å². The highest BCUT2D eigenvalue weighted by Crippen LogP contribution is 2.29. The van der Waals surface area contributed by atoms with Crippen LogP contribution in [-0.4, -0.2) is 35.9 Å². The highest BCUT2D eigenvalue weighted by Gasteiger charge is 2.33. The second kappa shape index (κ2) is 6.44. The molecule has 0 saturated heterocycles. The minimum Gasteiger partial charge on any atom is -0.370 e. The van der Waals surface area contributed by atoms with Gasteiger partial charge in [-0.1, -0.05) is 0 Å². The molecule has 0 aromatic carbocycles. The molecule has 0 aliphatic heterocycles. The molecular weight excluding hydrogens is 316 g/mol. The van der Waals surface area contributed by atoms with Crippen molar-refractivity contribution in [3.63, 3.8) is 0 Å². The van der Waals surface area contributed by atoms with Gasteiger partial charge in [0.15, 0.2) is 5.69 Å². The van der Waals surface area contributed by atoms with Crippen LogP contribution in [0.3, 0.4) is 0 Å². The van der Waals surface area contributed by atoms with Crippen LogP contribution in [0.2, 0.25) is 5.28 Å². The van der Waals surface area contributed by atoms with Crippen LogP contribution in [0, 0.1) is 0 Å². The lowest BCUT2D eigenvalue weighted by molar-refractivity contribution is -0.172. The third-order valence-corrected chi connectivity index (χ3v) is 1.98. The summed E-state index contributed by atoms with van der Waals surface area (Å²) in [5.74, 6) is -0.257. The van der Waals surface area contributed by atoms with Crippen molar-refractivity contribution in [3.05, 3.63) is 17.0 Å². The van der Waals surface area contributed by atoms with E-state index in [2.05, 4.69) is 20.0 Å². The van der Waals surface area contributed by atoms with Crippen LogP contribution in [0.4, 0.5) is 32.2 Å². The highest BCUT2D eigenvalue weighted by atomic mass is 35.5. The van der Waals surface area contributed by atoms with Crippen LogP contribution in [-0.2, 0) is 10.9 Å². The number of aromatic nitrogens is 2. The van der Waals surface area contributed by atoms with Gasteiger partial charge in [-0.2, -0.15) is 26.3 Å². The van der Waals surface area contributed by atoms with E-state index in [4.69, 9.17) is 11.6 Å². The topological polar surface area (TPSA) is 47.0 Å². The second-order valence-corrected chi connectivity index (χ2v) is 3.84. The summed E-state index contributed by atoms with van der Waals surface area (Å²) in [5.41, 5.74) is -1.25. The molecule has 11 heteroatoms. The maximum atomic E-state index is 12.4. The first-order valence-corrected chi connectivity index (χ1v) is 5.46. The van der Waals surface area contributed by atoms with Gasteiger partial charge in [-0.3, -0.25) is 0 Å². The Bertz CT molecular complexity index is 450. The van der Waals surface area contributed by atoms with Crippen LogP contribution >= 0.6 is 11.6 Å². The molecule has 20 heavy (non-hydrogen) atoms. The quantitative estimate of drug-likeness (QED) is 0.514. The van der Waals surface area contributed by atoms with Crippen LogP contribution in [0.5, 0.6) is 0 Å². The van der Waals surface area contributed by atoms with E-state index in [9.17, 15) is 26.3 Å². The van der Waals surface area contributed by atoms with E-state index in [-0.39, 0.29) is 19.0 Å². The Morgan fingerprint density at radius 3 is 2.35 bits per heavy atom. The van der Waals surface area contributed by atoms with Gasteiger partial charge in [-0.15, -0.1) is 0 Å². The SMILES string of the molecule is FC(F)(F)COCCNc1cc(C(F)(F)F)nc(Cl)n1. The van der Waals surface area contributed by atoms with Crippen LogP contribution in [0.25, 0.3) is 0 Å². The van der Waals surface area contributed by atoms with Crippen molar-refractivity contribution in [2.45, 2.75) is 12.4 Å². The zero-order chi connectivity index (χ0) is 15.4. The molecule has 0 unspecified atom stereocenters. The average Bonchev–Trinajstić information content (AvgIpc) is 2.25. The maximum absolute atomic E-state index is 12.4. The number of hydrogen-bond acceptors (Lipinski definition) is 4. The van der Waals surface area contributed by atoms with Crippen LogP contribution in [0.1, 0.15) is 5.69 Å². The molecule has 0 atom stereocenters. The van der Waals surface area contributed by atoms with Gasteiger partial charge < -0.3 is 10.1 Å². The Kier molecular flexibility index (Phi) is 5.40. The van der Waals surface area contributed by atoms with Gasteiger partial charge in [0.25, 0.3) is 0 Å². The van der Waals surface area contributed by atoms with Crippen molar-refractivity contribution in [1.29, 1.82) is 0 Å². The fourth-order valence-corrected chi connectivity index (χ4v) is 1.27. The molecule has 0 spiro atoms. The lowest BCUT2D eigenvalue weighted by Gasteiger charge is -2.10. The Morgan fingerprint density at radius 1 is 1.15 bits per heavy atom. The zero-order valence-electron chi connectivity index (χ0n) is 9.65. The van der Waals surface area contributed by atoms with E-state index in [1.165, 1.54) is 0 Å². The van der Waals surface area contributed by atoms with Crippen LogP contribution < -0.4 is 5.32 Å². The molecule has 0 aliphatic rings. The summed E-state index contributed by atoms with van der Waals surface area (Å²) < 4.78 is 76.7. The predicted octanol–water partition coefficient (Wildman–Crippen LogP) is 3.14. The first kappa shape index (κ1) is 16.8. The van der Waals surface area contributed by atoms with Crippen molar-refractivity contribution in [2.75, 3.05) is 25.1 Å². The van der Waals surface area contributed by atoms with Crippen molar-refractivity contribution in [2.24, 2.45) is 0 Å². The summed E-state index contributed by atoms with van der Waals surface area (Å²) in [5, 5.41) is 1.73. The normalized spacial score (nSPS) is 12.6. The number of rotatable bonds is 5. The minimum atomic E-state index is -4.70. The molecule has 4 nitrogen and oxygen atoms in total. The fraction of sp³-hybridized carbons (Fsp3) is 0.556. The first-order valence-electron chi connectivity index (χ1n) is 5.08. The number of nitrogens with zero attached hydrogens (tertiary/aromatic N) is 2. The summed E-state index contributed by atoms with van der Waals surface area (Å²) in [4.78, 5) is 6.45. The third-order valence-electron chi connectivity index (χ3n) is 1.81. The van der Waals surface area contributed by atoms with Gasteiger partial charge in [0.1, 0.15) is 12.4 Å². The second-order valence-electron chi connectivity index (χ2n) is 3.50. The van der Waals surface area contributed by atoms with Gasteiger partial charge in [0.2, 0.25) is 5.28 Å². The molecule has 1 heterocycles. The summed E-state index contributed by atoms with van der Waals surface area (Å²) in [6.45, 7) is -1.96. The van der Waals surface area contributed by atoms with Gasteiger partial charge in [0, 0.05) is 12.6 Å². The maximum Gasteiger partial charge on any atom is 0.433 e. The third kappa shape index (κ3) is 6.24. The number of halogens is 7. The smallest absolute Gasteiger partial charge is 0.370 e. The van der Waals surface area contributed by atoms with Crippen molar-refractivity contribution < 1.29 is 31.1 Å². The van der Waals surface area contributed by atoms with Crippen LogP contribution in [0.15, 0.2) is 6.07 Å². The van der Waals surface area contributed by atoms with Crippen molar-refractivity contribution in [1.82, 2.24) is 9.97 Å². The van der Waals surface area contributed by atoms with E-state index in [0.717, 1.165) is 0 Å². The Morgan fingerprint density at radius 2 is 1.80 bits per heavy atom. The number of nitrogens with one attached hydrogen (secondary N) is 1. The molecule has 1 rings (SSSR count). The predicted molar refractivity (Wildman–Crippen MR) is 57.4 cm³/mol. The van der Waals surface area contributed by atoms with E-state index >= 15 is 0 Å². The molecule has 0 fully saturated rings. The van der Waals surface area contributed by atoms with E-state index < -0.39 is 29.9 Å². The Hall–Kier alpha value is -1.29. The minimum absolute atomic E-state index is 0.166. The molecule has 0 radical (unpaired) electrons. The number of alkyl halides is 6. The molecular formula is C9H8ClF6N3O. The standard InChI is InChI=1S/C9H8ClF6N3O/c10-7-18-5(9(14,15)16)3-6(19-7)17-1-2-20-4-8(11,12)13/h3H,1-2,4H2,(H,17,18,19). The lowest BCUT2D eigenvalue weighted by Crippen LogP contribution is -2.20. The lowest BCUT2D eigenvalue weighted by atomic mass is 10.4. The van der Waals surface area contributed by atoms with Crippen molar-refractivity contribution >= 4 is 17.4 Å². The van der Waals surface area contributed by atoms with Gasteiger partial charge in [-0.25, -0.2) is 9.97 Å². The largest absolute Gasteiger partial charge is 0.433 e. The van der Waals surface area contributed by atoms with E-state index in [0.29, 0.717) is 6.07 Å². The van der Waals surface area contributed by atoms with Crippen molar-refractivity contribution in [3.8, 4) is 0 Å². The molecule has 0 saturated carbocycles. The summed E-state index contributed by atoms with van der Waals surface area (Å²) >= 11 is 5.31. The summed E-state index contributed by atoms with van der Waals surface area (Å²) in [6, 6.07) is 0.593. The average molecular weight is 324 g/mol. The van der Waals surface area contributed by atoms with Gasteiger partial charge in [-0.05, 0) is 11.6 Å². The molecule has 114 valence electrons. The summed E-state index contributed by atoms with van der Waals surface area (Å²) in [7, 11) is 0. The van der Waals surface area contributed by atoms with E-state index in [1.807, 2.05) is 0 Å². The fourth-order valence-electron chi connectivity index (χ4n) is 1.09. The molecule has 0 bridgehead atoms. The first-order chi connectivity index (χ1) is 9.08. The number of anilines is 1. The van der Waals surface area contributed by atoms with Gasteiger partial charge >= 0.3 is 12.4 Å². The molecule has 0 amide bonds. The highest BCUT2D eigenvalue weighted by molar-refractivity contribution is 6.28. The Labute approximate surface area is 114 Å².